The van der Waals surface area contributed by atoms with E-state index in [0.717, 1.165) is 18.2 Å². The predicted molar refractivity (Wildman–Crippen MR) is 71.1 cm³/mol. The summed E-state index contributed by atoms with van der Waals surface area (Å²) in [6.07, 6.45) is 0.408. The molecule has 20 heavy (non-hydrogen) atoms. The van der Waals surface area contributed by atoms with Crippen molar-refractivity contribution in [3.8, 4) is 5.75 Å². The van der Waals surface area contributed by atoms with Gasteiger partial charge in [0.15, 0.2) is 0 Å². The van der Waals surface area contributed by atoms with Crippen molar-refractivity contribution in [1.29, 1.82) is 0 Å². The van der Waals surface area contributed by atoms with Gasteiger partial charge in [-0.2, -0.15) is 0 Å². The van der Waals surface area contributed by atoms with Crippen LogP contribution in [0.2, 0.25) is 0 Å². The van der Waals surface area contributed by atoms with E-state index in [1.54, 1.807) is 6.92 Å². The largest absolute Gasteiger partial charge is 0.495 e. The number of rotatable bonds is 7. The quantitative estimate of drug-likeness (QED) is 0.564. The Morgan fingerprint density at radius 2 is 2.15 bits per heavy atom. The highest BCUT2D eigenvalue weighted by Crippen LogP contribution is 2.28. The fraction of sp³-hybridized carbons (Fsp3) is 0.455. The number of nitro benzene ring substituents is 1. The highest BCUT2D eigenvalue weighted by atomic mass is 32.2. The van der Waals surface area contributed by atoms with E-state index in [2.05, 4.69) is 4.72 Å². The third-order valence-corrected chi connectivity index (χ3v) is 4.24. The zero-order chi connectivity index (χ0) is 15.3. The fourth-order valence-electron chi connectivity index (χ4n) is 1.52. The van der Waals surface area contributed by atoms with Gasteiger partial charge in [0, 0.05) is 12.1 Å². The molecule has 0 aliphatic heterocycles. The highest BCUT2D eigenvalue weighted by Gasteiger charge is 2.24. The number of nitrogens with one attached hydrogen (secondary N) is 1. The van der Waals surface area contributed by atoms with Crippen LogP contribution >= 0.6 is 0 Å². The first-order chi connectivity index (χ1) is 9.35. The van der Waals surface area contributed by atoms with Crippen LogP contribution in [0, 0.1) is 10.1 Å². The molecule has 9 heteroatoms. The topological polar surface area (TPSA) is 119 Å². The summed E-state index contributed by atoms with van der Waals surface area (Å²) in [4.78, 5) is 9.80. The molecule has 0 radical (unpaired) electrons. The molecule has 0 aliphatic rings. The first-order valence-electron chi connectivity index (χ1n) is 5.81. The molecule has 0 saturated heterocycles. The monoisotopic (exact) mass is 304 g/mol. The van der Waals surface area contributed by atoms with Gasteiger partial charge >= 0.3 is 0 Å². The molecule has 1 atom stereocenters. The van der Waals surface area contributed by atoms with Crippen LogP contribution in [0.3, 0.4) is 0 Å². The second kappa shape index (κ2) is 6.64. The van der Waals surface area contributed by atoms with Crippen molar-refractivity contribution in [2.24, 2.45) is 0 Å². The number of aliphatic hydroxyl groups is 1. The summed E-state index contributed by atoms with van der Waals surface area (Å²) in [5.74, 6) is -0.125. The average Bonchev–Trinajstić information content (AvgIpc) is 2.43. The molecular formula is C11H16N2O6S. The van der Waals surface area contributed by atoms with E-state index >= 15 is 0 Å². The summed E-state index contributed by atoms with van der Waals surface area (Å²) < 4.78 is 31.5. The van der Waals surface area contributed by atoms with Crippen LogP contribution in [0.4, 0.5) is 5.69 Å². The van der Waals surface area contributed by atoms with Crippen molar-refractivity contribution in [3.05, 3.63) is 28.3 Å². The number of benzene rings is 1. The molecule has 0 amide bonds. The van der Waals surface area contributed by atoms with E-state index in [4.69, 9.17) is 9.84 Å². The lowest BCUT2D eigenvalue weighted by Gasteiger charge is -2.15. The van der Waals surface area contributed by atoms with E-state index < -0.39 is 21.0 Å². The minimum atomic E-state index is -3.93. The van der Waals surface area contributed by atoms with Crippen molar-refractivity contribution >= 4 is 15.7 Å². The van der Waals surface area contributed by atoms with Crippen LogP contribution in [0.5, 0.6) is 5.75 Å². The number of non-ortho nitro benzene ring substituents is 1. The van der Waals surface area contributed by atoms with Crippen molar-refractivity contribution in [2.75, 3.05) is 13.7 Å². The maximum absolute atomic E-state index is 12.1. The molecule has 0 unspecified atom stereocenters. The number of hydrogen-bond acceptors (Lipinski definition) is 6. The van der Waals surface area contributed by atoms with E-state index in [1.807, 2.05) is 0 Å². The van der Waals surface area contributed by atoms with Gasteiger partial charge in [0.25, 0.3) is 5.69 Å². The minimum Gasteiger partial charge on any atom is -0.495 e. The molecule has 8 nitrogen and oxygen atoms in total. The van der Waals surface area contributed by atoms with Crippen molar-refractivity contribution in [2.45, 2.75) is 24.3 Å². The standard InChI is InChI=1S/C11H16N2O6S/c1-3-8(7-14)12-20(17,18)11-5-4-9(13(15)16)6-10(11)19-2/h4-6,8,12,14H,3,7H2,1-2H3/t8-/m1/s1. The Labute approximate surface area is 116 Å². The maximum Gasteiger partial charge on any atom is 0.273 e. The summed E-state index contributed by atoms with van der Waals surface area (Å²) in [6.45, 7) is 1.38. The normalized spacial score (nSPS) is 12.9. The van der Waals surface area contributed by atoms with E-state index in [-0.39, 0.29) is 22.9 Å². The lowest BCUT2D eigenvalue weighted by molar-refractivity contribution is -0.385. The molecule has 0 aliphatic carbocycles. The molecule has 0 aromatic heterocycles. The van der Waals surface area contributed by atoms with Crippen LogP contribution in [0.1, 0.15) is 13.3 Å². The molecule has 1 rings (SSSR count). The summed E-state index contributed by atoms with van der Waals surface area (Å²) in [6, 6.07) is 2.59. The first-order valence-corrected chi connectivity index (χ1v) is 7.29. The molecule has 0 saturated carbocycles. The van der Waals surface area contributed by atoms with Gasteiger partial charge in [0.05, 0.1) is 24.7 Å². The first kappa shape index (κ1) is 16.3. The fourth-order valence-corrected chi connectivity index (χ4v) is 2.99. The number of nitrogens with zero attached hydrogens (tertiary/aromatic N) is 1. The molecule has 1 aromatic carbocycles. The Hall–Kier alpha value is -1.71. The van der Waals surface area contributed by atoms with Crippen molar-refractivity contribution in [1.82, 2.24) is 4.72 Å². The van der Waals surface area contributed by atoms with Crippen LogP contribution < -0.4 is 9.46 Å². The van der Waals surface area contributed by atoms with Crippen LogP contribution in [0.15, 0.2) is 23.1 Å². The lowest BCUT2D eigenvalue weighted by Crippen LogP contribution is -2.37. The van der Waals surface area contributed by atoms with Gasteiger partial charge < -0.3 is 9.84 Å². The average molecular weight is 304 g/mol. The Morgan fingerprint density at radius 3 is 2.60 bits per heavy atom. The summed E-state index contributed by atoms with van der Waals surface area (Å²) in [7, 11) is -2.70. The smallest absolute Gasteiger partial charge is 0.273 e. The molecule has 0 fully saturated rings. The van der Waals surface area contributed by atoms with Crippen molar-refractivity contribution < 1.29 is 23.2 Å². The van der Waals surface area contributed by atoms with Crippen LogP contribution in [-0.4, -0.2) is 38.2 Å². The molecule has 0 spiro atoms. The number of ether oxygens (including phenoxy) is 1. The van der Waals surface area contributed by atoms with E-state index in [1.165, 1.54) is 7.11 Å². The zero-order valence-electron chi connectivity index (χ0n) is 11.1. The molecule has 2 N–H and O–H groups in total. The van der Waals surface area contributed by atoms with Gasteiger partial charge in [-0.25, -0.2) is 13.1 Å². The number of aliphatic hydroxyl groups excluding tert-OH is 1. The Morgan fingerprint density at radius 1 is 1.50 bits per heavy atom. The van der Waals surface area contributed by atoms with Gasteiger partial charge in [0.2, 0.25) is 10.0 Å². The summed E-state index contributed by atoms with van der Waals surface area (Å²) in [5, 5.41) is 19.7. The molecule has 0 heterocycles. The molecule has 0 bridgehead atoms. The maximum atomic E-state index is 12.1. The van der Waals surface area contributed by atoms with Gasteiger partial charge in [-0.1, -0.05) is 6.92 Å². The van der Waals surface area contributed by atoms with Gasteiger partial charge in [-0.15, -0.1) is 0 Å². The van der Waals surface area contributed by atoms with Crippen molar-refractivity contribution in [3.63, 3.8) is 0 Å². The summed E-state index contributed by atoms with van der Waals surface area (Å²) in [5.41, 5.74) is -0.269. The van der Waals surface area contributed by atoms with Crippen LogP contribution in [-0.2, 0) is 10.0 Å². The predicted octanol–water partition coefficient (Wildman–Crippen LogP) is 0.653. The second-order valence-corrected chi connectivity index (χ2v) is 5.68. The second-order valence-electron chi connectivity index (χ2n) is 4.00. The SMILES string of the molecule is CC[C@H](CO)NS(=O)(=O)c1ccc([N+](=O)[O-])cc1OC. The Balaban J connectivity index is 3.21. The van der Waals surface area contributed by atoms with Crippen LogP contribution in [0.25, 0.3) is 0 Å². The van der Waals surface area contributed by atoms with E-state index in [0.29, 0.717) is 6.42 Å². The third-order valence-electron chi connectivity index (χ3n) is 2.68. The lowest BCUT2D eigenvalue weighted by atomic mass is 10.3. The zero-order valence-corrected chi connectivity index (χ0v) is 11.9. The Bertz CT molecular complexity index is 583. The summed E-state index contributed by atoms with van der Waals surface area (Å²) >= 11 is 0. The van der Waals surface area contributed by atoms with E-state index in [9.17, 15) is 18.5 Å². The minimum absolute atomic E-state index is 0.125. The molecule has 112 valence electrons. The third kappa shape index (κ3) is 3.65. The number of methoxy groups -OCH3 is 1. The number of nitro groups is 1. The van der Waals surface area contributed by atoms with Gasteiger partial charge in [-0.3, -0.25) is 10.1 Å². The van der Waals surface area contributed by atoms with Gasteiger partial charge in [-0.05, 0) is 12.5 Å². The molecular weight excluding hydrogens is 288 g/mol. The Kier molecular flexibility index (Phi) is 5.43. The number of sulfonamides is 1. The highest BCUT2D eigenvalue weighted by molar-refractivity contribution is 7.89. The molecule has 1 aromatic rings. The van der Waals surface area contributed by atoms with Gasteiger partial charge in [0.1, 0.15) is 10.6 Å². The number of hydrogen-bond donors (Lipinski definition) is 2.